The molecular weight excluding hydrogens is 356 g/mol. The first-order chi connectivity index (χ1) is 13.9. The molecular formula is C26H27N2O+. The average molecular weight is 384 g/mol. The summed E-state index contributed by atoms with van der Waals surface area (Å²) in [5.74, 6) is 0.930. The van der Waals surface area contributed by atoms with Crippen LogP contribution in [-0.2, 0) is 19.0 Å². The van der Waals surface area contributed by atoms with Crippen molar-refractivity contribution in [1.82, 2.24) is 0 Å². The standard InChI is InChI=1S/C26H27N2O/c1-19-14-15-24-23(27(19)4)16-17-26(29-24)25(2,3)21-12-8-9-13-22(21)28(26)18-20-10-6-5-7-11-20/h5-17H,18H2,1-4H3/q+1. The SMILES string of the molecule is Cc1ccc2c([n+]1C)C=CC1(O2)N(Cc2ccccc2)c2ccccc2C1(C)C. The minimum Gasteiger partial charge on any atom is -0.456 e. The molecule has 0 saturated heterocycles. The van der Waals surface area contributed by atoms with Crippen LogP contribution in [0.2, 0.25) is 0 Å². The molecule has 0 aliphatic carbocycles. The van der Waals surface area contributed by atoms with Crippen LogP contribution in [0.25, 0.3) is 6.08 Å². The maximum atomic E-state index is 6.92. The maximum absolute atomic E-state index is 6.92. The molecule has 1 unspecified atom stereocenters. The van der Waals surface area contributed by atoms with Crippen LogP contribution in [-0.4, -0.2) is 5.72 Å². The molecule has 2 aliphatic heterocycles. The molecule has 1 spiro atoms. The zero-order valence-corrected chi connectivity index (χ0v) is 17.5. The number of benzene rings is 2. The Morgan fingerprint density at radius 3 is 2.45 bits per heavy atom. The van der Waals surface area contributed by atoms with Gasteiger partial charge in [0.25, 0.3) is 0 Å². The Kier molecular flexibility index (Phi) is 3.86. The van der Waals surface area contributed by atoms with E-state index >= 15 is 0 Å². The molecule has 3 heterocycles. The molecule has 2 aromatic carbocycles. The fourth-order valence-electron chi connectivity index (χ4n) is 4.82. The van der Waals surface area contributed by atoms with E-state index in [0.717, 1.165) is 18.0 Å². The molecule has 3 nitrogen and oxygen atoms in total. The van der Waals surface area contributed by atoms with Crippen LogP contribution in [0.5, 0.6) is 5.75 Å². The Balaban J connectivity index is 1.69. The van der Waals surface area contributed by atoms with Gasteiger partial charge in [-0.25, -0.2) is 0 Å². The molecule has 0 amide bonds. The number of ether oxygens (including phenoxy) is 1. The van der Waals surface area contributed by atoms with Crippen LogP contribution in [0.4, 0.5) is 5.69 Å². The summed E-state index contributed by atoms with van der Waals surface area (Å²) in [6.45, 7) is 7.50. The molecule has 1 aromatic heterocycles. The van der Waals surface area contributed by atoms with Crippen molar-refractivity contribution in [3.8, 4) is 5.75 Å². The summed E-state index contributed by atoms with van der Waals surface area (Å²) >= 11 is 0. The van der Waals surface area contributed by atoms with Crippen molar-refractivity contribution < 1.29 is 9.30 Å². The van der Waals surface area contributed by atoms with Crippen molar-refractivity contribution in [3.05, 3.63) is 95.3 Å². The number of aromatic nitrogens is 1. The van der Waals surface area contributed by atoms with Crippen molar-refractivity contribution in [3.63, 3.8) is 0 Å². The number of para-hydroxylation sites is 1. The average Bonchev–Trinajstić information content (AvgIpc) is 2.91. The van der Waals surface area contributed by atoms with Crippen LogP contribution in [0.1, 0.15) is 36.4 Å². The van der Waals surface area contributed by atoms with E-state index in [2.05, 4.69) is 116 Å². The third kappa shape index (κ3) is 2.46. The van der Waals surface area contributed by atoms with Crippen LogP contribution in [0.3, 0.4) is 0 Å². The highest BCUT2D eigenvalue weighted by Crippen LogP contribution is 2.55. The third-order valence-electron chi connectivity index (χ3n) is 6.70. The first kappa shape index (κ1) is 18.0. The quantitative estimate of drug-likeness (QED) is 0.584. The lowest BCUT2D eigenvalue weighted by atomic mass is 9.76. The molecule has 0 fully saturated rings. The maximum Gasteiger partial charge on any atom is 0.247 e. The number of hydrogen-bond donors (Lipinski definition) is 0. The summed E-state index contributed by atoms with van der Waals surface area (Å²) in [6.07, 6.45) is 4.50. The summed E-state index contributed by atoms with van der Waals surface area (Å²) in [5, 5.41) is 0. The van der Waals surface area contributed by atoms with Gasteiger partial charge in [0.05, 0.1) is 5.41 Å². The van der Waals surface area contributed by atoms with Crippen molar-refractivity contribution in [2.24, 2.45) is 7.05 Å². The van der Waals surface area contributed by atoms with E-state index in [1.807, 2.05) is 0 Å². The molecule has 3 aromatic rings. The molecule has 3 heteroatoms. The summed E-state index contributed by atoms with van der Waals surface area (Å²) in [4.78, 5) is 2.43. The normalized spacial score (nSPS) is 21.0. The summed E-state index contributed by atoms with van der Waals surface area (Å²) in [5.41, 5.74) is 5.37. The van der Waals surface area contributed by atoms with Gasteiger partial charge >= 0.3 is 0 Å². The first-order valence-corrected chi connectivity index (χ1v) is 10.2. The topological polar surface area (TPSA) is 16.4 Å². The van der Waals surface area contributed by atoms with Gasteiger partial charge in [0.2, 0.25) is 11.4 Å². The molecule has 0 saturated carbocycles. The summed E-state index contributed by atoms with van der Waals surface area (Å²) in [7, 11) is 2.09. The number of aryl methyl sites for hydroxylation is 1. The predicted octanol–water partition coefficient (Wildman–Crippen LogP) is 4.92. The lowest BCUT2D eigenvalue weighted by molar-refractivity contribution is -0.680. The molecule has 0 bridgehead atoms. The Morgan fingerprint density at radius 1 is 0.931 bits per heavy atom. The molecule has 0 N–H and O–H groups in total. The van der Waals surface area contributed by atoms with Gasteiger partial charge in [0.15, 0.2) is 11.4 Å². The molecule has 29 heavy (non-hydrogen) atoms. The Morgan fingerprint density at radius 2 is 1.66 bits per heavy atom. The highest BCUT2D eigenvalue weighted by Gasteiger charge is 2.59. The van der Waals surface area contributed by atoms with E-state index in [0.29, 0.717) is 0 Å². The second-order valence-electron chi connectivity index (χ2n) is 8.63. The third-order valence-corrected chi connectivity index (χ3v) is 6.70. The van der Waals surface area contributed by atoms with E-state index in [4.69, 9.17) is 4.74 Å². The molecule has 1 atom stereocenters. The van der Waals surface area contributed by atoms with Gasteiger partial charge in [-0.3, -0.25) is 0 Å². The minimum absolute atomic E-state index is 0.212. The van der Waals surface area contributed by atoms with Crippen LogP contribution in [0.15, 0.2) is 72.8 Å². The Labute approximate surface area is 172 Å². The highest BCUT2D eigenvalue weighted by molar-refractivity contribution is 5.71. The van der Waals surface area contributed by atoms with Gasteiger partial charge in [-0.15, -0.1) is 0 Å². The summed E-state index contributed by atoms with van der Waals surface area (Å²) in [6, 6.07) is 23.6. The smallest absolute Gasteiger partial charge is 0.247 e. The fraction of sp³-hybridized carbons (Fsp3) is 0.269. The zero-order valence-electron chi connectivity index (χ0n) is 17.5. The number of nitrogens with zero attached hydrogens (tertiary/aromatic N) is 2. The number of rotatable bonds is 2. The van der Waals surface area contributed by atoms with Crippen molar-refractivity contribution in [2.75, 3.05) is 4.90 Å². The molecule has 2 aliphatic rings. The summed E-state index contributed by atoms with van der Waals surface area (Å²) < 4.78 is 9.11. The largest absolute Gasteiger partial charge is 0.456 e. The van der Waals surface area contributed by atoms with E-state index in [-0.39, 0.29) is 5.41 Å². The van der Waals surface area contributed by atoms with Gasteiger partial charge in [-0.2, -0.15) is 4.57 Å². The second kappa shape index (κ2) is 6.21. The van der Waals surface area contributed by atoms with Gasteiger partial charge in [-0.05, 0) is 43.2 Å². The van der Waals surface area contributed by atoms with Gasteiger partial charge < -0.3 is 9.64 Å². The molecule has 146 valence electrons. The van der Waals surface area contributed by atoms with E-state index in [1.165, 1.54) is 22.5 Å². The lowest BCUT2D eigenvalue weighted by Crippen LogP contribution is -2.59. The minimum atomic E-state index is -0.582. The van der Waals surface area contributed by atoms with E-state index < -0.39 is 5.72 Å². The first-order valence-electron chi connectivity index (χ1n) is 10.2. The van der Waals surface area contributed by atoms with Crippen molar-refractivity contribution >= 4 is 11.8 Å². The Hall–Kier alpha value is -3.07. The van der Waals surface area contributed by atoms with Crippen LogP contribution < -0.4 is 14.2 Å². The van der Waals surface area contributed by atoms with Crippen LogP contribution >= 0.6 is 0 Å². The number of pyridine rings is 1. The monoisotopic (exact) mass is 383 g/mol. The predicted molar refractivity (Wildman–Crippen MR) is 117 cm³/mol. The number of fused-ring (bicyclic) bond motifs is 2. The molecule has 5 rings (SSSR count). The van der Waals surface area contributed by atoms with Crippen molar-refractivity contribution in [2.45, 2.75) is 38.5 Å². The van der Waals surface area contributed by atoms with E-state index in [1.54, 1.807) is 0 Å². The van der Waals surface area contributed by atoms with Gasteiger partial charge in [-0.1, -0.05) is 48.5 Å². The number of hydrogen-bond acceptors (Lipinski definition) is 2. The highest BCUT2D eigenvalue weighted by atomic mass is 16.5. The van der Waals surface area contributed by atoms with Crippen LogP contribution in [0, 0.1) is 6.92 Å². The Bertz CT molecular complexity index is 1120. The number of anilines is 1. The van der Waals surface area contributed by atoms with Crippen molar-refractivity contribution in [1.29, 1.82) is 0 Å². The zero-order chi connectivity index (χ0) is 20.2. The molecule has 0 radical (unpaired) electrons. The second-order valence-corrected chi connectivity index (χ2v) is 8.63. The fourth-order valence-corrected chi connectivity index (χ4v) is 4.82. The van der Waals surface area contributed by atoms with E-state index in [9.17, 15) is 0 Å². The lowest BCUT2D eigenvalue weighted by Gasteiger charge is -2.46. The van der Waals surface area contributed by atoms with Gasteiger partial charge in [0, 0.05) is 31.3 Å². The van der Waals surface area contributed by atoms with Gasteiger partial charge in [0.1, 0.15) is 7.05 Å².